The van der Waals surface area contributed by atoms with E-state index in [0.29, 0.717) is 18.7 Å². The number of aryl methyl sites for hydroxylation is 2. The summed E-state index contributed by atoms with van der Waals surface area (Å²) in [5.74, 6) is 0.860. The van der Waals surface area contributed by atoms with Crippen LogP contribution in [0.15, 0.2) is 4.52 Å². The van der Waals surface area contributed by atoms with Crippen LogP contribution < -0.4 is 5.32 Å². The lowest BCUT2D eigenvalue weighted by Crippen LogP contribution is -2.25. The number of nitrogens with one attached hydrogen (secondary N) is 1. The molecule has 0 aliphatic carbocycles. The Balaban J connectivity index is 1.83. The number of aromatic nitrogens is 1. The van der Waals surface area contributed by atoms with Crippen LogP contribution >= 0.6 is 0 Å². The normalized spacial score (nSPS) is 21.5. The molecular formula is C12H18N2O4S. The Hall–Kier alpha value is -1.37. The Morgan fingerprint density at radius 3 is 2.74 bits per heavy atom. The Kier molecular flexibility index (Phi) is 3.93. The number of carbonyl (C=O) groups is 1. The summed E-state index contributed by atoms with van der Waals surface area (Å²) in [4.78, 5) is 11.8. The molecule has 1 aromatic rings. The second kappa shape index (κ2) is 5.32. The standard InChI is InChI=1S/C12H18N2O4S/c1-8-11(9(2)18-14-8)6-13-12(15)5-10-3-4-19(16,17)7-10/h10H,3-7H2,1-2H3,(H,13,15)/t10-/m0/s1. The molecule has 0 radical (unpaired) electrons. The summed E-state index contributed by atoms with van der Waals surface area (Å²) >= 11 is 0. The Labute approximate surface area is 112 Å². The van der Waals surface area contributed by atoms with E-state index in [1.54, 1.807) is 6.92 Å². The molecule has 2 rings (SSSR count). The van der Waals surface area contributed by atoms with Gasteiger partial charge in [0.15, 0.2) is 9.84 Å². The average molecular weight is 286 g/mol. The first kappa shape index (κ1) is 14.0. The van der Waals surface area contributed by atoms with Crippen molar-refractivity contribution in [3.8, 4) is 0 Å². The van der Waals surface area contributed by atoms with Gasteiger partial charge in [-0.15, -0.1) is 0 Å². The quantitative estimate of drug-likeness (QED) is 0.881. The van der Waals surface area contributed by atoms with Crippen molar-refractivity contribution in [1.29, 1.82) is 0 Å². The zero-order valence-electron chi connectivity index (χ0n) is 11.1. The third-order valence-corrected chi connectivity index (χ3v) is 5.28. The minimum atomic E-state index is -2.92. The third kappa shape index (κ3) is 3.56. The number of hydrogen-bond donors (Lipinski definition) is 1. The van der Waals surface area contributed by atoms with Crippen LogP contribution in [0, 0.1) is 19.8 Å². The maximum atomic E-state index is 11.8. The molecule has 1 amide bonds. The van der Waals surface area contributed by atoms with E-state index in [4.69, 9.17) is 4.52 Å². The predicted octanol–water partition coefficient (Wildman–Crippen LogP) is 0.732. The van der Waals surface area contributed by atoms with Crippen molar-refractivity contribution >= 4 is 15.7 Å². The van der Waals surface area contributed by atoms with Crippen LogP contribution in [0.1, 0.15) is 29.9 Å². The highest BCUT2D eigenvalue weighted by Gasteiger charge is 2.29. The van der Waals surface area contributed by atoms with Crippen molar-refractivity contribution in [2.24, 2.45) is 5.92 Å². The van der Waals surface area contributed by atoms with E-state index in [9.17, 15) is 13.2 Å². The molecule has 6 nitrogen and oxygen atoms in total. The summed E-state index contributed by atoms with van der Waals surface area (Å²) in [7, 11) is -2.92. The zero-order chi connectivity index (χ0) is 14.0. The number of amides is 1. The highest BCUT2D eigenvalue weighted by molar-refractivity contribution is 7.91. The van der Waals surface area contributed by atoms with Gasteiger partial charge in [0, 0.05) is 18.5 Å². The van der Waals surface area contributed by atoms with E-state index >= 15 is 0 Å². The van der Waals surface area contributed by atoms with Gasteiger partial charge >= 0.3 is 0 Å². The van der Waals surface area contributed by atoms with Crippen LogP contribution in [0.5, 0.6) is 0 Å². The molecule has 1 atom stereocenters. The van der Waals surface area contributed by atoms with Crippen LogP contribution in [0.2, 0.25) is 0 Å². The lowest BCUT2D eigenvalue weighted by atomic mass is 10.0. The molecule has 0 spiro atoms. The van der Waals surface area contributed by atoms with Crippen molar-refractivity contribution in [3.63, 3.8) is 0 Å². The molecule has 0 unspecified atom stereocenters. The largest absolute Gasteiger partial charge is 0.361 e. The minimum absolute atomic E-state index is 0.0466. The summed E-state index contributed by atoms with van der Waals surface area (Å²) < 4.78 is 27.6. The van der Waals surface area contributed by atoms with Crippen LogP contribution in [-0.2, 0) is 21.2 Å². The van der Waals surface area contributed by atoms with Gasteiger partial charge in [-0.3, -0.25) is 4.79 Å². The van der Waals surface area contributed by atoms with E-state index in [-0.39, 0.29) is 29.8 Å². The molecule has 1 N–H and O–H groups in total. The van der Waals surface area contributed by atoms with Gasteiger partial charge in [0.1, 0.15) is 5.76 Å². The Bertz CT molecular complexity index is 557. The molecule has 0 saturated carbocycles. The van der Waals surface area contributed by atoms with Gasteiger partial charge in [-0.25, -0.2) is 8.42 Å². The van der Waals surface area contributed by atoms with Gasteiger partial charge in [0.25, 0.3) is 0 Å². The second-order valence-electron chi connectivity index (χ2n) is 5.05. The van der Waals surface area contributed by atoms with Crippen LogP contribution in [0.4, 0.5) is 0 Å². The van der Waals surface area contributed by atoms with Crippen molar-refractivity contribution in [1.82, 2.24) is 10.5 Å². The van der Waals surface area contributed by atoms with E-state index in [1.165, 1.54) is 0 Å². The Morgan fingerprint density at radius 1 is 1.47 bits per heavy atom. The number of hydrogen-bond acceptors (Lipinski definition) is 5. The molecule has 0 bridgehead atoms. The molecule has 0 aromatic carbocycles. The van der Waals surface area contributed by atoms with Gasteiger partial charge in [-0.05, 0) is 26.2 Å². The van der Waals surface area contributed by atoms with Gasteiger partial charge in [-0.2, -0.15) is 0 Å². The van der Waals surface area contributed by atoms with E-state index in [1.807, 2.05) is 6.92 Å². The molecule has 1 aromatic heterocycles. The molecule has 19 heavy (non-hydrogen) atoms. The summed E-state index contributed by atoms with van der Waals surface area (Å²) in [6.07, 6.45) is 0.851. The zero-order valence-corrected chi connectivity index (χ0v) is 11.9. The minimum Gasteiger partial charge on any atom is -0.361 e. The topological polar surface area (TPSA) is 89.3 Å². The van der Waals surface area contributed by atoms with E-state index < -0.39 is 9.84 Å². The molecule has 1 fully saturated rings. The van der Waals surface area contributed by atoms with Gasteiger partial charge in [0.05, 0.1) is 17.2 Å². The molecule has 2 heterocycles. The smallest absolute Gasteiger partial charge is 0.220 e. The molecule has 106 valence electrons. The summed E-state index contributed by atoms with van der Waals surface area (Å²) in [6.45, 7) is 3.99. The van der Waals surface area contributed by atoms with Gasteiger partial charge in [0.2, 0.25) is 5.91 Å². The van der Waals surface area contributed by atoms with Crippen molar-refractivity contribution in [3.05, 3.63) is 17.0 Å². The van der Waals surface area contributed by atoms with Gasteiger partial charge < -0.3 is 9.84 Å². The molecule has 7 heteroatoms. The predicted molar refractivity (Wildman–Crippen MR) is 69.2 cm³/mol. The SMILES string of the molecule is Cc1noc(C)c1CNC(=O)C[C@@H]1CCS(=O)(=O)C1. The first-order valence-corrected chi connectivity index (χ1v) is 8.08. The number of sulfone groups is 1. The van der Waals surface area contributed by atoms with Crippen LogP contribution in [0.25, 0.3) is 0 Å². The Morgan fingerprint density at radius 2 is 2.21 bits per heavy atom. The highest BCUT2D eigenvalue weighted by atomic mass is 32.2. The average Bonchev–Trinajstić information content (AvgIpc) is 2.80. The maximum absolute atomic E-state index is 11.8. The van der Waals surface area contributed by atoms with Crippen molar-refractivity contribution in [2.75, 3.05) is 11.5 Å². The monoisotopic (exact) mass is 286 g/mol. The second-order valence-corrected chi connectivity index (χ2v) is 7.28. The summed E-state index contributed by atoms with van der Waals surface area (Å²) in [5, 5.41) is 6.60. The highest BCUT2D eigenvalue weighted by Crippen LogP contribution is 2.21. The third-order valence-electron chi connectivity index (χ3n) is 3.44. The number of carbonyl (C=O) groups excluding carboxylic acids is 1. The number of nitrogens with zero attached hydrogens (tertiary/aromatic N) is 1. The first-order chi connectivity index (χ1) is 8.87. The summed E-state index contributed by atoms with van der Waals surface area (Å²) in [6, 6.07) is 0. The fourth-order valence-electron chi connectivity index (χ4n) is 2.31. The fourth-order valence-corrected chi connectivity index (χ4v) is 4.17. The molecular weight excluding hydrogens is 268 g/mol. The van der Waals surface area contributed by atoms with E-state index in [2.05, 4.69) is 10.5 Å². The molecule has 1 aliphatic rings. The van der Waals surface area contributed by atoms with Crippen LogP contribution in [0.3, 0.4) is 0 Å². The van der Waals surface area contributed by atoms with Crippen LogP contribution in [-0.4, -0.2) is 31.0 Å². The van der Waals surface area contributed by atoms with Crippen molar-refractivity contribution in [2.45, 2.75) is 33.2 Å². The first-order valence-electron chi connectivity index (χ1n) is 6.26. The maximum Gasteiger partial charge on any atom is 0.220 e. The van der Waals surface area contributed by atoms with Gasteiger partial charge in [-0.1, -0.05) is 5.16 Å². The molecule has 1 saturated heterocycles. The lowest BCUT2D eigenvalue weighted by Gasteiger charge is -2.08. The fraction of sp³-hybridized carbons (Fsp3) is 0.667. The van der Waals surface area contributed by atoms with E-state index in [0.717, 1.165) is 11.3 Å². The molecule has 1 aliphatic heterocycles. The number of rotatable bonds is 4. The lowest BCUT2D eigenvalue weighted by molar-refractivity contribution is -0.122. The van der Waals surface area contributed by atoms with Crippen molar-refractivity contribution < 1.29 is 17.7 Å². The summed E-state index contributed by atoms with van der Waals surface area (Å²) in [5.41, 5.74) is 1.65.